The first-order valence-corrected chi connectivity index (χ1v) is 8.77. The Balaban J connectivity index is 2.21. The SMILES string of the molecule is CCOC(=O)C1=C(N)OC2=C(C(=O)CCC2)[C@H]1c1ccc(Cl)c([N+](=O)[O-])c1. The average molecular weight is 393 g/mol. The number of nitro benzene ring substituents is 1. The van der Waals surface area contributed by atoms with Crippen LogP contribution in [0.1, 0.15) is 37.7 Å². The van der Waals surface area contributed by atoms with E-state index in [1.807, 2.05) is 0 Å². The third kappa shape index (κ3) is 3.40. The molecule has 0 spiro atoms. The van der Waals surface area contributed by atoms with Gasteiger partial charge < -0.3 is 15.2 Å². The van der Waals surface area contributed by atoms with Crippen LogP contribution in [0, 0.1) is 10.1 Å². The van der Waals surface area contributed by atoms with E-state index in [1.165, 1.54) is 18.2 Å². The molecule has 0 bridgehead atoms. The van der Waals surface area contributed by atoms with Gasteiger partial charge in [-0.3, -0.25) is 14.9 Å². The second kappa shape index (κ2) is 7.40. The number of carbonyl (C=O) groups is 2. The summed E-state index contributed by atoms with van der Waals surface area (Å²) in [7, 11) is 0. The van der Waals surface area contributed by atoms with Gasteiger partial charge in [-0.1, -0.05) is 17.7 Å². The summed E-state index contributed by atoms with van der Waals surface area (Å²) in [6.07, 6.45) is 1.39. The fraction of sp³-hybridized carbons (Fsp3) is 0.333. The third-order valence-corrected chi connectivity index (χ3v) is 4.80. The van der Waals surface area contributed by atoms with Gasteiger partial charge in [0.15, 0.2) is 5.78 Å². The molecule has 1 aromatic carbocycles. The summed E-state index contributed by atoms with van der Waals surface area (Å²) < 4.78 is 10.6. The molecule has 0 amide bonds. The molecular formula is C18H17ClN2O6. The van der Waals surface area contributed by atoms with Gasteiger partial charge >= 0.3 is 5.97 Å². The first-order chi connectivity index (χ1) is 12.8. The van der Waals surface area contributed by atoms with Crippen LogP contribution in [0.15, 0.2) is 41.0 Å². The lowest BCUT2D eigenvalue weighted by Gasteiger charge is -2.32. The van der Waals surface area contributed by atoms with Gasteiger partial charge in [-0.15, -0.1) is 0 Å². The van der Waals surface area contributed by atoms with E-state index in [-0.39, 0.29) is 40.1 Å². The highest BCUT2D eigenvalue weighted by Crippen LogP contribution is 2.45. The number of esters is 1. The zero-order valence-corrected chi connectivity index (χ0v) is 15.2. The van der Waals surface area contributed by atoms with Gasteiger partial charge in [0, 0.05) is 24.5 Å². The van der Waals surface area contributed by atoms with Crippen molar-refractivity contribution >= 4 is 29.0 Å². The summed E-state index contributed by atoms with van der Waals surface area (Å²) >= 11 is 5.90. The summed E-state index contributed by atoms with van der Waals surface area (Å²) in [5, 5.41) is 11.2. The van der Waals surface area contributed by atoms with Crippen molar-refractivity contribution in [1.29, 1.82) is 0 Å². The number of nitrogens with two attached hydrogens (primary N) is 1. The summed E-state index contributed by atoms with van der Waals surface area (Å²) in [4.78, 5) is 35.8. The van der Waals surface area contributed by atoms with Gasteiger partial charge in [0.05, 0.1) is 17.4 Å². The number of halogens is 1. The highest BCUT2D eigenvalue weighted by Gasteiger charge is 2.41. The fourth-order valence-electron chi connectivity index (χ4n) is 3.35. The Morgan fingerprint density at radius 3 is 2.85 bits per heavy atom. The number of rotatable bonds is 4. The molecule has 1 atom stereocenters. The van der Waals surface area contributed by atoms with Crippen LogP contribution >= 0.6 is 11.6 Å². The van der Waals surface area contributed by atoms with E-state index in [1.54, 1.807) is 6.92 Å². The molecule has 0 radical (unpaired) electrons. The monoisotopic (exact) mass is 392 g/mol. The van der Waals surface area contributed by atoms with Crippen LogP contribution in [-0.4, -0.2) is 23.3 Å². The van der Waals surface area contributed by atoms with Crippen LogP contribution in [0.4, 0.5) is 5.69 Å². The molecule has 0 fully saturated rings. The quantitative estimate of drug-likeness (QED) is 0.474. The summed E-state index contributed by atoms with van der Waals surface area (Å²) in [5.74, 6) is -1.60. The molecule has 0 unspecified atom stereocenters. The maximum absolute atomic E-state index is 12.6. The van der Waals surface area contributed by atoms with Crippen molar-refractivity contribution < 1.29 is 24.0 Å². The van der Waals surface area contributed by atoms with Crippen LogP contribution in [0.3, 0.4) is 0 Å². The Labute approximate surface area is 159 Å². The van der Waals surface area contributed by atoms with Gasteiger partial charge in [0.2, 0.25) is 5.88 Å². The molecule has 2 N–H and O–H groups in total. The van der Waals surface area contributed by atoms with Gasteiger partial charge in [-0.2, -0.15) is 0 Å². The van der Waals surface area contributed by atoms with Gasteiger partial charge in [0.25, 0.3) is 5.69 Å². The number of nitro groups is 1. The number of hydrogen-bond acceptors (Lipinski definition) is 7. The van der Waals surface area contributed by atoms with Crippen molar-refractivity contribution in [3.63, 3.8) is 0 Å². The molecular weight excluding hydrogens is 376 g/mol. The third-order valence-electron chi connectivity index (χ3n) is 4.48. The lowest BCUT2D eigenvalue weighted by Crippen LogP contribution is -2.31. The number of ether oxygens (including phenoxy) is 2. The molecule has 1 aliphatic heterocycles. The summed E-state index contributed by atoms with van der Waals surface area (Å²) in [5.41, 5.74) is 6.24. The molecule has 9 heteroatoms. The molecule has 1 aromatic rings. The Kier molecular flexibility index (Phi) is 5.18. The van der Waals surface area contributed by atoms with Crippen LogP contribution < -0.4 is 5.73 Å². The topological polar surface area (TPSA) is 122 Å². The van der Waals surface area contributed by atoms with Crippen molar-refractivity contribution in [2.75, 3.05) is 6.61 Å². The predicted octanol–water partition coefficient (Wildman–Crippen LogP) is 3.10. The number of Topliss-reactive ketones (excluding diaryl/α,β-unsaturated/α-hetero) is 1. The van der Waals surface area contributed by atoms with Gasteiger partial charge in [-0.05, 0) is 25.0 Å². The Morgan fingerprint density at radius 2 is 2.19 bits per heavy atom. The van der Waals surface area contributed by atoms with Crippen molar-refractivity contribution in [3.8, 4) is 0 Å². The van der Waals surface area contributed by atoms with Crippen LogP contribution in [0.5, 0.6) is 0 Å². The predicted molar refractivity (Wildman–Crippen MR) is 95.7 cm³/mol. The van der Waals surface area contributed by atoms with Crippen molar-refractivity contribution in [2.24, 2.45) is 5.73 Å². The van der Waals surface area contributed by atoms with Crippen molar-refractivity contribution in [1.82, 2.24) is 0 Å². The van der Waals surface area contributed by atoms with Crippen LogP contribution in [0.25, 0.3) is 0 Å². The Morgan fingerprint density at radius 1 is 1.44 bits per heavy atom. The molecule has 0 saturated heterocycles. The minimum atomic E-state index is -0.906. The van der Waals surface area contributed by atoms with E-state index < -0.39 is 16.8 Å². The molecule has 0 aromatic heterocycles. The maximum atomic E-state index is 12.6. The molecule has 0 saturated carbocycles. The van der Waals surface area contributed by atoms with Crippen LogP contribution in [-0.2, 0) is 19.1 Å². The molecule has 1 aliphatic carbocycles. The summed E-state index contributed by atoms with van der Waals surface area (Å²) in [6, 6.07) is 4.14. The number of hydrogen-bond donors (Lipinski definition) is 1. The standard InChI is InChI=1S/C18H17ClN2O6/c1-2-26-18(23)16-14(9-6-7-10(19)11(8-9)21(24)25)15-12(22)4-3-5-13(15)27-17(16)20/h6-8,14H,2-5,20H2,1H3/t14-/m1/s1. The zero-order valence-electron chi connectivity index (χ0n) is 14.5. The zero-order chi connectivity index (χ0) is 19.7. The minimum Gasteiger partial charge on any atom is -0.462 e. The number of benzene rings is 1. The van der Waals surface area contributed by atoms with E-state index in [2.05, 4.69) is 0 Å². The first-order valence-electron chi connectivity index (χ1n) is 8.39. The van der Waals surface area contributed by atoms with Crippen molar-refractivity contribution in [2.45, 2.75) is 32.1 Å². The second-order valence-electron chi connectivity index (χ2n) is 6.12. The first kappa shape index (κ1) is 18.9. The Hall–Kier alpha value is -2.87. The molecule has 8 nitrogen and oxygen atoms in total. The van der Waals surface area contributed by atoms with E-state index in [9.17, 15) is 19.7 Å². The molecule has 1 heterocycles. The number of nitrogens with zero attached hydrogens (tertiary/aromatic N) is 1. The number of carbonyl (C=O) groups excluding carboxylic acids is 2. The van der Waals surface area contributed by atoms with E-state index in [0.29, 0.717) is 30.6 Å². The van der Waals surface area contributed by atoms with E-state index in [4.69, 9.17) is 26.8 Å². The minimum absolute atomic E-state index is 0.0394. The molecule has 2 aliphatic rings. The molecule has 142 valence electrons. The highest BCUT2D eigenvalue weighted by atomic mass is 35.5. The number of allylic oxidation sites excluding steroid dienone is 2. The normalized spacial score (nSPS) is 19.5. The lowest BCUT2D eigenvalue weighted by atomic mass is 9.77. The average Bonchev–Trinajstić information content (AvgIpc) is 2.61. The second-order valence-corrected chi connectivity index (χ2v) is 6.52. The number of ketones is 1. The van der Waals surface area contributed by atoms with Gasteiger partial charge in [0.1, 0.15) is 16.4 Å². The largest absolute Gasteiger partial charge is 0.462 e. The Bertz CT molecular complexity index is 905. The highest BCUT2D eigenvalue weighted by molar-refractivity contribution is 6.32. The lowest BCUT2D eigenvalue weighted by molar-refractivity contribution is -0.384. The van der Waals surface area contributed by atoms with Crippen molar-refractivity contribution in [3.05, 3.63) is 61.7 Å². The molecule has 3 rings (SSSR count). The van der Waals surface area contributed by atoms with E-state index in [0.717, 1.165) is 0 Å². The smallest absolute Gasteiger partial charge is 0.340 e. The molecule has 27 heavy (non-hydrogen) atoms. The fourth-order valence-corrected chi connectivity index (χ4v) is 3.53. The maximum Gasteiger partial charge on any atom is 0.340 e. The van der Waals surface area contributed by atoms with Gasteiger partial charge in [-0.25, -0.2) is 4.79 Å². The van der Waals surface area contributed by atoms with Crippen LogP contribution in [0.2, 0.25) is 5.02 Å². The summed E-state index contributed by atoms with van der Waals surface area (Å²) in [6.45, 7) is 1.74. The van der Waals surface area contributed by atoms with E-state index >= 15 is 0 Å².